The van der Waals surface area contributed by atoms with Crippen LogP contribution < -0.4 is 4.74 Å². The molecule has 0 fully saturated rings. The molecule has 4 aromatic carbocycles. The topological polar surface area (TPSA) is 43.4 Å². The summed E-state index contributed by atoms with van der Waals surface area (Å²) in [6.07, 6.45) is 0.108. The highest BCUT2D eigenvalue weighted by molar-refractivity contribution is 6.06. The van der Waals surface area contributed by atoms with Crippen molar-refractivity contribution in [1.29, 1.82) is 0 Å². The fraction of sp³-hybridized carbons (Fsp3) is 0.0714. The normalized spacial score (nSPS) is 11.5. The fourth-order valence-electron chi connectivity index (χ4n) is 3.49. The second kappa shape index (κ2) is 9.68. The summed E-state index contributed by atoms with van der Waals surface area (Å²) in [5.74, 6) is 0.726. The summed E-state index contributed by atoms with van der Waals surface area (Å²) in [6.45, 7) is 0. The Morgan fingerprint density at radius 3 is 1.65 bits per heavy atom. The Kier molecular flexibility index (Phi) is 6.34. The van der Waals surface area contributed by atoms with Crippen LogP contribution in [0.15, 0.2) is 115 Å². The molecule has 0 aliphatic heterocycles. The first kappa shape index (κ1) is 20.3. The summed E-state index contributed by atoms with van der Waals surface area (Å²) in [5.41, 5.74) is 1.99. The largest absolute Gasteiger partial charge is 0.457 e. The molecule has 0 amide bonds. The molecule has 3 nitrogen and oxygen atoms in total. The number of carbonyl (C=O) groups excluding carboxylic acids is 2. The number of ether oxygens (including phenoxy) is 1. The van der Waals surface area contributed by atoms with Crippen LogP contribution >= 0.6 is 0 Å². The van der Waals surface area contributed by atoms with E-state index >= 15 is 0 Å². The number of benzene rings is 4. The summed E-state index contributed by atoms with van der Waals surface area (Å²) in [7, 11) is 0. The van der Waals surface area contributed by atoms with E-state index in [9.17, 15) is 9.59 Å². The summed E-state index contributed by atoms with van der Waals surface area (Å²) in [5, 5.41) is 0. The predicted molar refractivity (Wildman–Crippen MR) is 122 cm³/mol. The van der Waals surface area contributed by atoms with Gasteiger partial charge in [0.1, 0.15) is 11.5 Å². The van der Waals surface area contributed by atoms with Crippen LogP contribution in [0.1, 0.15) is 38.6 Å². The highest BCUT2D eigenvalue weighted by Gasteiger charge is 2.25. The molecule has 0 spiro atoms. The average Bonchev–Trinajstić information content (AvgIpc) is 2.84. The molecule has 0 aliphatic carbocycles. The van der Waals surface area contributed by atoms with Crippen molar-refractivity contribution in [2.24, 2.45) is 0 Å². The minimum Gasteiger partial charge on any atom is -0.457 e. The van der Waals surface area contributed by atoms with Crippen LogP contribution in [0.5, 0.6) is 11.5 Å². The standard InChI is InChI=1S/C28H22O3/c29-27(22-10-4-1-5-11-22)20-26(28(30)23-12-6-2-7-13-23)21-16-18-25(19-17-21)31-24-14-8-3-9-15-24/h1-19,26H,20H2. The van der Waals surface area contributed by atoms with Gasteiger partial charge < -0.3 is 4.74 Å². The molecule has 0 aromatic heterocycles. The van der Waals surface area contributed by atoms with E-state index in [-0.39, 0.29) is 18.0 Å². The molecule has 31 heavy (non-hydrogen) atoms. The predicted octanol–water partition coefficient (Wildman–Crippen LogP) is 6.72. The lowest BCUT2D eigenvalue weighted by Crippen LogP contribution is -2.17. The molecule has 0 heterocycles. The van der Waals surface area contributed by atoms with E-state index in [4.69, 9.17) is 4.74 Å². The lowest BCUT2D eigenvalue weighted by Gasteiger charge is -2.17. The van der Waals surface area contributed by atoms with Gasteiger partial charge in [0.05, 0.1) is 5.92 Å². The van der Waals surface area contributed by atoms with Crippen molar-refractivity contribution in [2.45, 2.75) is 12.3 Å². The van der Waals surface area contributed by atoms with Gasteiger partial charge in [-0.15, -0.1) is 0 Å². The Hall–Kier alpha value is -3.98. The molecule has 0 N–H and O–H groups in total. The highest BCUT2D eigenvalue weighted by Crippen LogP contribution is 2.29. The SMILES string of the molecule is O=C(CC(C(=O)c1ccccc1)c1ccc(Oc2ccccc2)cc1)c1ccccc1. The molecule has 1 unspecified atom stereocenters. The van der Waals surface area contributed by atoms with E-state index in [0.717, 1.165) is 11.3 Å². The van der Waals surface area contributed by atoms with Crippen molar-refractivity contribution in [3.05, 3.63) is 132 Å². The molecule has 1 atom stereocenters. The molecule has 152 valence electrons. The van der Waals surface area contributed by atoms with Crippen molar-refractivity contribution in [3.63, 3.8) is 0 Å². The monoisotopic (exact) mass is 406 g/mol. The molecular formula is C28H22O3. The Labute approximate surface area is 181 Å². The van der Waals surface area contributed by atoms with E-state index in [0.29, 0.717) is 16.9 Å². The van der Waals surface area contributed by atoms with Crippen LogP contribution in [0.2, 0.25) is 0 Å². The number of para-hydroxylation sites is 1. The lowest BCUT2D eigenvalue weighted by molar-refractivity contribution is 0.0893. The highest BCUT2D eigenvalue weighted by atomic mass is 16.5. The minimum absolute atomic E-state index is 0.0560. The third kappa shape index (κ3) is 5.14. The van der Waals surface area contributed by atoms with E-state index in [1.807, 2.05) is 91.0 Å². The summed E-state index contributed by atoms with van der Waals surface area (Å²) < 4.78 is 5.86. The van der Waals surface area contributed by atoms with Gasteiger partial charge in [0, 0.05) is 17.5 Å². The number of Topliss-reactive ketones (excluding diaryl/α,β-unsaturated/α-hetero) is 2. The van der Waals surface area contributed by atoms with Gasteiger partial charge in [0.15, 0.2) is 11.6 Å². The first-order valence-electron chi connectivity index (χ1n) is 10.2. The summed E-state index contributed by atoms with van der Waals surface area (Å²) in [4.78, 5) is 26.2. The van der Waals surface area contributed by atoms with Gasteiger partial charge >= 0.3 is 0 Å². The second-order valence-electron chi connectivity index (χ2n) is 7.26. The van der Waals surface area contributed by atoms with Gasteiger partial charge in [-0.05, 0) is 29.8 Å². The van der Waals surface area contributed by atoms with Crippen LogP contribution in [0.3, 0.4) is 0 Å². The van der Waals surface area contributed by atoms with Gasteiger partial charge in [0.2, 0.25) is 0 Å². The zero-order valence-corrected chi connectivity index (χ0v) is 17.0. The van der Waals surface area contributed by atoms with E-state index in [1.54, 1.807) is 24.3 Å². The maximum Gasteiger partial charge on any atom is 0.170 e. The Balaban J connectivity index is 1.60. The van der Waals surface area contributed by atoms with E-state index in [1.165, 1.54) is 0 Å². The maximum absolute atomic E-state index is 13.3. The molecule has 3 heteroatoms. The quantitative estimate of drug-likeness (QED) is 0.305. The van der Waals surface area contributed by atoms with Crippen LogP contribution in [-0.4, -0.2) is 11.6 Å². The maximum atomic E-state index is 13.3. The van der Waals surface area contributed by atoms with Crippen molar-refractivity contribution in [2.75, 3.05) is 0 Å². The first-order valence-corrected chi connectivity index (χ1v) is 10.2. The number of carbonyl (C=O) groups is 2. The zero-order valence-electron chi connectivity index (χ0n) is 17.0. The smallest absolute Gasteiger partial charge is 0.170 e. The van der Waals surface area contributed by atoms with E-state index in [2.05, 4.69) is 0 Å². The number of hydrogen-bond donors (Lipinski definition) is 0. The zero-order chi connectivity index (χ0) is 21.5. The molecule has 0 saturated carbocycles. The Morgan fingerprint density at radius 2 is 1.06 bits per heavy atom. The van der Waals surface area contributed by atoms with Crippen LogP contribution in [-0.2, 0) is 0 Å². The van der Waals surface area contributed by atoms with Crippen LogP contribution in [0.4, 0.5) is 0 Å². The van der Waals surface area contributed by atoms with Crippen molar-refractivity contribution < 1.29 is 14.3 Å². The van der Waals surface area contributed by atoms with Gasteiger partial charge in [-0.2, -0.15) is 0 Å². The average molecular weight is 406 g/mol. The van der Waals surface area contributed by atoms with Crippen LogP contribution in [0.25, 0.3) is 0 Å². The van der Waals surface area contributed by atoms with Crippen molar-refractivity contribution in [1.82, 2.24) is 0 Å². The third-order valence-electron chi connectivity index (χ3n) is 5.12. The molecule has 0 saturated heterocycles. The summed E-state index contributed by atoms with van der Waals surface area (Å²) in [6, 6.07) is 35.1. The first-order chi connectivity index (χ1) is 15.2. The fourth-order valence-corrected chi connectivity index (χ4v) is 3.49. The van der Waals surface area contributed by atoms with Crippen molar-refractivity contribution in [3.8, 4) is 11.5 Å². The number of rotatable bonds is 8. The van der Waals surface area contributed by atoms with Gasteiger partial charge in [0.25, 0.3) is 0 Å². The Morgan fingerprint density at radius 1 is 0.581 bits per heavy atom. The van der Waals surface area contributed by atoms with E-state index < -0.39 is 5.92 Å². The molecule has 0 aliphatic rings. The number of hydrogen-bond acceptors (Lipinski definition) is 3. The third-order valence-corrected chi connectivity index (χ3v) is 5.12. The van der Waals surface area contributed by atoms with Gasteiger partial charge in [-0.25, -0.2) is 0 Å². The molecule has 0 bridgehead atoms. The molecule has 4 aromatic rings. The van der Waals surface area contributed by atoms with Gasteiger partial charge in [-0.3, -0.25) is 9.59 Å². The number of ketones is 2. The van der Waals surface area contributed by atoms with Gasteiger partial charge in [-0.1, -0.05) is 91.0 Å². The lowest BCUT2D eigenvalue weighted by atomic mass is 9.85. The molecule has 4 rings (SSSR count). The minimum atomic E-state index is -0.569. The molecular weight excluding hydrogens is 384 g/mol. The molecule has 0 radical (unpaired) electrons. The Bertz CT molecular complexity index is 1140. The second-order valence-corrected chi connectivity index (χ2v) is 7.26. The summed E-state index contributed by atoms with van der Waals surface area (Å²) >= 11 is 0. The van der Waals surface area contributed by atoms with Crippen molar-refractivity contribution >= 4 is 11.6 Å². The van der Waals surface area contributed by atoms with Crippen LogP contribution in [0, 0.1) is 0 Å².